The SMILES string of the molecule is c1ccc(-c2nc(-c3ccccc3)nc(-c3ccc(-n4c5c6ccccc6ccc5c5ccc6ccccc6c54)cc3)n2)cc1. The molecule has 7 aromatic carbocycles. The minimum atomic E-state index is 0.646. The van der Waals surface area contributed by atoms with Gasteiger partial charge in [0.25, 0.3) is 0 Å². The van der Waals surface area contributed by atoms with Crippen LogP contribution in [0, 0.1) is 0 Å². The molecule has 0 saturated heterocycles. The molecule has 210 valence electrons. The van der Waals surface area contributed by atoms with Crippen LogP contribution in [-0.2, 0) is 0 Å². The Morgan fingerprint density at radius 3 is 1.18 bits per heavy atom. The molecule has 0 aliphatic carbocycles. The van der Waals surface area contributed by atoms with Gasteiger partial charge in [0.1, 0.15) is 0 Å². The second-order valence-electron chi connectivity index (χ2n) is 11.3. The zero-order valence-electron chi connectivity index (χ0n) is 24.3. The normalized spacial score (nSPS) is 11.6. The maximum atomic E-state index is 4.94. The van der Waals surface area contributed by atoms with Crippen molar-refractivity contribution in [2.45, 2.75) is 0 Å². The number of hydrogen-bond acceptors (Lipinski definition) is 3. The second kappa shape index (κ2) is 10.2. The molecular weight excluding hydrogens is 548 g/mol. The molecule has 0 bridgehead atoms. The minimum absolute atomic E-state index is 0.646. The summed E-state index contributed by atoms with van der Waals surface area (Å²) in [5, 5.41) is 7.41. The van der Waals surface area contributed by atoms with Gasteiger partial charge in [0.05, 0.1) is 11.0 Å². The highest BCUT2D eigenvalue weighted by molar-refractivity contribution is 6.23. The molecule has 0 amide bonds. The monoisotopic (exact) mass is 574 g/mol. The molecular formula is C41H26N4. The maximum absolute atomic E-state index is 4.94. The van der Waals surface area contributed by atoms with Crippen molar-refractivity contribution in [3.05, 3.63) is 158 Å². The molecule has 0 fully saturated rings. The lowest BCUT2D eigenvalue weighted by Crippen LogP contribution is -2.00. The van der Waals surface area contributed by atoms with Crippen molar-refractivity contribution in [3.8, 4) is 39.9 Å². The van der Waals surface area contributed by atoms with Crippen LogP contribution in [0.3, 0.4) is 0 Å². The van der Waals surface area contributed by atoms with E-state index < -0.39 is 0 Å². The molecule has 0 saturated carbocycles. The van der Waals surface area contributed by atoms with Gasteiger partial charge in [-0.15, -0.1) is 0 Å². The Kier molecular flexibility index (Phi) is 5.78. The van der Waals surface area contributed by atoms with Gasteiger partial charge in [0.15, 0.2) is 17.5 Å². The Hall–Kier alpha value is -6.13. The molecule has 0 radical (unpaired) electrons. The number of hydrogen-bond donors (Lipinski definition) is 0. The molecule has 45 heavy (non-hydrogen) atoms. The number of aromatic nitrogens is 4. The lowest BCUT2D eigenvalue weighted by atomic mass is 10.0. The smallest absolute Gasteiger partial charge is 0.164 e. The van der Waals surface area contributed by atoms with E-state index in [1.807, 2.05) is 60.7 Å². The highest BCUT2D eigenvalue weighted by Gasteiger charge is 2.18. The average Bonchev–Trinajstić information content (AvgIpc) is 3.48. The predicted molar refractivity (Wildman–Crippen MR) is 185 cm³/mol. The van der Waals surface area contributed by atoms with E-state index in [1.165, 1.54) is 43.4 Å². The van der Waals surface area contributed by atoms with E-state index in [1.54, 1.807) is 0 Å². The summed E-state index contributed by atoms with van der Waals surface area (Å²) < 4.78 is 2.43. The molecule has 0 atom stereocenters. The molecule has 0 aliphatic rings. The third-order valence-electron chi connectivity index (χ3n) is 8.62. The van der Waals surface area contributed by atoms with Crippen molar-refractivity contribution in [3.63, 3.8) is 0 Å². The molecule has 4 nitrogen and oxygen atoms in total. The van der Waals surface area contributed by atoms with Gasteiger partial charge in [-0.1, -0.05) is 133 Å². The molecule has 0 unspecified atom stereocenters. The highest BCUT2D eigenvalue weighted by atomic mass is 15.0. The highest BCUT2D eigenvalue weighted by Crippen LogP contribution is 2.40. The molecule has 0 N–H and O–H groups in total. The van der Waals surface area contributed by atoms with Crippen LogP contribution in [0.15, 0.2) is 158 Å². The van der Waals surface area contributed by atoms with Crippen molar-refractivity contribution >= 4 is 43.4 Å². The van der Waals surface area contributed by atoms with Crippen LogP contribution >= 0.6 is 0 Å². The summed E-state index contributed by atoms with van der Waals surface area (Å²) in [6, 6.07) is 55.1. The summed E-state index contributed by atoms with van der Waals surface area (Å²) in [7, 11) is 0. The van der Waals surface area contributed by atoms with E-state index in [4.69, 9.17) is 15.0 Å². The molecule has 9 aromatic rings. The van der Waals surface area contributed by atoms with Crippen molar-refractivity contribution < 1.29 is 0 Å². The predicted octanol–water partition coefficient (Wildman–Crippen LogP) is 10.3. The standard InChI is InChI=1S/C41H26N4/c1-3-13-29(14-4-1)39-42-40(30-15-5-2-6-16-30)44-41(43-39)31-19-23-32(24-20-31)45-37-33-17-9-7-11-27(33)21-25-35(37)36-26-22-28-12-8-10-18-34(28)38(36)45/h1-26H. The lowest BCUT2D eigenvalue weighted by molar-refractivity contribution is 1.07. The quantitative estimate of drug-likeness (QED) is 0.210. The van der Waals surface area contributed by atoms with Crippen molar-refractivity contribution in [1.82, 2.24) is 19.5 Å². The lowest BCUT2D eigenvalue weighted by Gasteiger charge is -2.12. The summed E-state index contributed by atoms with van der Waals surface area (Å²) in [6.45, 7) is 0. The van der Waals surface area contributed by atoms with Crippen LogP contribution in [0.1, 0.15) is 0 Å². The molecule has 9 rings (SSSR count). The zero-order valence-corrected chi connectivity index (χ0v) is 24.3. The largest absolute Gasteiger partial charge is 0.308 e. The number of fused-ring (bicyclic) bond motifs is 7. The Balaban J connectivity index is 1.27. The average molecular weight is 575 g/mol. The summed E-state index contributed by atoms with van der Waals surface area (Å²) in [5.74, 6) is 1.96. The van der Waals surface area contributed by atoms with Crippen molar-refractivity contribution in [1.29, 1.82) is 0 Å². The second-order valence-corrected chi connectivity index (χ2v) is 11.3. The van der Waals surface area contributed by atoms with Gasteiger partial charge < -0.3 is 4.57 Å². The summed E-state index contributed by atoms with van der Waals surface area (Å²) >= 11 is 0. The number of nitrogens with zero attached hydrogens (tertiary/aromatic N) is 4. The van der Waals surface area contributed by atoms with Crippen molar-refractivity contribution in [2.24, 2.45) is 0 Å². The molecule has 0 spiro atoms. The van der Waals surface area contributed by atoms with E-state index in [9.17, 15) is 0 Å². The van der Waals surface area contributed by atoms with E-state index in [-0.39, 0.29) is 0 Å². The van der Waals surface area contributed by atoms with E-state index >= 15 is 0 Å². The first-order valence-electron chi connectivity index (χ1n) is 15.1. The van der Waals surface area contributed by atoms with Gasteiger partial charge >= 0.3 is 0 Å². The summed E-state index contributed by atoms with van der Waals surface area (Å²) in [4.78, 5) is 14.7. The minimum Gasteiger partial charge on any atom is -0.308 e. The fourth-order valence-electron chi connectivity index (χ4n) is 6.49. The molecule has 0 aliphatic heterocycles. The Labute approximate surface area is 259 Å². The van der Waals surface area contributed by atoms with Crippen LogP contribution in [0.5, 0.6) is 0 Å². The first-order valence-corrected chi connectivity index (χ1v) is 15.1. The summed E-state index contributed by atoms with van der Waals surface area (Å²) in [6.07, 6.45) is 0. The van der Waals surface area contributed by atoms with Crippen LogP contribution in [0.25, 0.3) is 83.2 Å². The first-order chi connectivity index (χ1) is 22.3. The fourth-order valence-corrected chi connectivity index (χ4v) is 6.49. The van der Waals surface area contributed by atoms with Crippen LogP contribution in [0.2, 0.25) is 0 Å². The molecule has 2 heterocycles. The third-order valence-corrected chi connectivity index (χ3v) is 8.62. The summed E-state index contributed by atoms with van der Waals surface area (Å²) in [5.41, 5.74) is 6.37. The maximum Gasteiger partial charge on any atom is 0.164 e. The van der Waals surface area contributed by atoms with Gasteiger partial charge in [-0.3, -0.25) is 0 Å². The van der Waals surface area contributed by atoms with Crippen LogP contribution in [0.4, 0.5) is 0 Å². The van der Waals surface area contributed by atoms with Gasteiger partial charge in [-0.05, 0) is 35.0 Å². The van der Waals surface area contributed by atoms with Gasteiger partial charge in [-0.25, -0.2) is 15.0 Å². The molecule has 2 aromatic heterocycles. The van der Waals surface area contributed by atoms with Gasteiger partial charge in [0.2, 0.25) is 0 Å². The van der Waals surface area contributed by atoms with E-state index in [0.29, 0.717) is 17.5 Å². The molecule has 4 heteroatoms. The third kappa shape index (κ3) is 4.19. The van der Waals surface area contributed by atoms with Gasteiger partial charge in [-0.2, -0.15) is 0 Å². The van der Waals surface area contributed by atoms with Crippen LogP contribution in [-0.4, -0.2) is 19.5 Å². The van der Waals surface area contributed by atoms with Gasteiger partial charge in [0, 0.05) is 43.9 Å². The first kappa shape index (κ1) is 25.4. The Bertz CT molecular complexity index is 2360. The topological polar surface area (TPSA) is 43.6 Å². The number of rotatable bonds is 4. The Morgan fingerprint density at radius 1 is 0.311 bits per heavy atom. The van der Waals surface area contributed by atoms with Crippen LogP contribution < -0.4 is 0 Å². The van der Waals surface area contributed by atoms with E-state index in [2.05, 4.69) is 102 Å². The zero-order chi connectivity index (χ0) is 29.7. The Morgan fingerprint density at radius 2 is 0.711 bits per heavy atom. The number of benzene rings is 7. The van der Waals surface area contributed by atoms with E-state index in [0.717, 1.165) is 22.4 Å². The fraction of sp³-hybridized carbons (Fsp3) is 0. The van der Waals surface area contributed by atoms with Crippen molar-refractivity contribution in [2.75, 3.05) is 0 Å².